The second kappa shape index (κ2) is 6.45. The van der Waals surface area contributed by atoms with Gasteiger partial charge >= 0.3 is 0 Å². The molecule has 0 aliphatic carbocycles. The minimum absolute atomic E-state index is 0.0723. The van der Waals surface area contributed by atoms with Crippen LogP contribution in [0.5, 0.6) is 0 Å². The Bertz CT molecular complexity index is 593. The average Bonchev–Trinajstić information content (AvgIpc) is 3.20. The Morgan fingerprint density at radius 2 is 2.38 bits per heavy atom. The third-order valence-electron chi connectivity index (χ3n) is 3.22. The summed E-state index contributed by atoms with van der Waals surface area (Å²) in [4.78, 5) is 20.2. The minimum atomic E-state index is -0.309. The van der Waals surface area contributed by atoms with Gasteiger partial charge in [0, 0.05) is 25.8 Å². The summed E-state index contributed by atoms with van der Waals surface area (Å²) in [5, 5.41) is 6.69. The SMILES string of the molecule is O=C(NCCc1nc(-c2ccccn2)no1)C1CCCO1. The molecule has 0 spiro atoms. The molecule has 110 valence electrons. The van der Waals surface area contributed by atoms with Crippen LogP contribution in [0.3, 0.4) is 0 Å². The molecule has 3 heterocycles. The number of aromatic nitrogens is 3. The van der Waals surface area contributed by atoms with Crippen molar-refractivity contribution in [3.05, 3.63) is 30.3 Å². The maximum absolute atomic E-state index is 11.7. The molecule has 0 bridgehead atoms. The maximum Gasteiger partial charge on any atom is 0.249 e. The number of rotatable bonds is 5. The van der Waals surface area contributed by atoms with Gasteiger partial charge in [-0.05, 0) is 25.0 Å². The van der Waals surface area contributed by atoms with Gasteiger partial charge in [-0.15, -0.1) is 0 Å². The van der Waals surface area contributed by atoms with Gasteiger partial charge in [0.1, 0.15) is 11.8 Å². The largest absolute Gasteiger partial charge is 0.368 e. The number of nitrogens with one attached hydrogen (secondary N) is 1. The number of carbonyl (C=O) groups is 1. The van der Waals surface area contributed by atoms with Gasteiger partial charge < -0.3 is 14.6 Å². The molecule has 1 amide bonds. The monoisotopic (exact) mass is 288 g/mol. The van der Waals surface area contributed by atoms with E-state index in [9.17, 15) is 4.79 Å². The first-order valence-electron chi connectivity index (χ1n) is 6.96. The zero-order valence-electron chi connectivity index (χ0n) is 11.5. The van der Waals surface area contributed by atoms with E-state index < -0.39 is 0 Å². The topological polar surface area (TPSA) is 90.1 Å². The lowest BCUT2D eigenvalue weighted by molar-refractivity contribution is -0.130. The fourth-order valence-electron chi connectivity index (χ4n) is 2.15. The summed E-state index contributed by atoms with van der Waals surface area (Å²) in [6.45, 7) is 1.11. The van der Waals surface area contributed by atoms with Gasteiger partial charge in [-0.25, -0.2) is 0 Å². The van der Waals surface area contributed by atoms with E-state index in [1.807, 2.05) is 18.2 Å². The summed E-state index contributed by atoms with van der Waals surface area (Å²) in [7, 11) is 0. The van der Waals surface area contributed by atoms with Crippen molar-refractivity contribution in [2.45, 2.75) is 25.4 Å². The number of hydrogen-bond donors (Lipinski definition) is 1. The van der Waals surface area contributed by atoms with Crippen LogP contribution in [-0.2, 0) is 16.0 Å². The third kappa shape index (κ3) is 3.43. The van der Waals surface area contributed by atoms with Gasteiger partial charge in [-0.2, -0.15) is 4.98 Å². The molecule has 1 aliphatic heterocycles. The Morgan fingerprint density at radius 3 is 3.14 bits per heavy atom. The van der Waals surface area contributed by atoms with Gasteiger partial charge in [0.2, 0.25) is 17.6 Å². The standard InChI is InChI=1S/C14H16N4O3/c19-14(11-5-3-9-20-11)16-8-6-12-17-13(18-21-12)10-4-1-2-7-15-10/h1-2,4,7,11H,3,5-6,8-9H2,(H,16,19). The molecule has 1 atom stereocenters. The van der Waals surface area contributed by atoms with E-state index in [4.69, 9.17) is 9.26 Å². The Morgan fingerprint density at radius 1 is 1.43 bits per heavy atom. The smallest absolute Gasteiger partial charge is 0.249 e. The molecule has 0 radical (unpaired) electrons. The number of ether oxygens (including phenoxy) is 1. The Hall–Kier alpha value is -2.28. The van der Waals surface area contributed by atoms with E-state index in [0.29, 0.717) is 37.0 Å². The highest BCUT2D eigenvalue weighted by Gasteiger charge is 2.23. The fourth-order valence-corrected chi connectivity index (χ4v) is 2.15. The van der Waals surface area contributed by atoms with Crippen molar-refractivity contribution < 1.29 is 14.1 Å². The van der Waals surface area contributed by atoms with Crippen molar-refractivity contribution in [3.63, 3.8) is 0 Å². The van der Waals surface area contributed by atoms with Crippen LogP contribution in [0.15, 0.2) is 28.9 Å². The Kier molecular flexibility index (Phi) is 4.20. The van der Waals surface area contributed by atoms with Crippen molar-refractivity contribution in [1.82, 2.24) is 20.4 Å². The summed E-state index contributed by atoms with van der Waals surface area (Å²) in [6, 6.07) is 5.50. The van der Waals surface area contributed by atoms with Crippen LogP contribution in [0.25, 0.3) is 11.5 Å². The Balaban J connectivity index is 1.50. The van der Waals surface area contributed by atoms with Crippen LogP contribution < -0.4 is 5.32 Å². The number of pyridine rings is 1. The van der Waals surface area contributed by atoms with Crippen LogP contribution in [0.4, 0.5) is 0 Å². The van der Waals surface area contributed by atoms with Crippen molar-refractivity contribution in [3.8, 4) is 11.5 Å². The Labute approximate surface area is 121 Å². The van der Waals surface area contributed by atoms with E-state index >= 15 is 0 Å². The molecule has 1 fully saturated rings. The molecule has 0 aromatic carbocycles. The van der Waals surface area contributed by atoms with Gasteiger partial charge in [-0.3, -0.25) is 9.78 Å². The number of hydrogen-bond acceptors (Lipinski definition) is 6. The van der Waals surface area contributed by atoms with Gasteiger partial charge in [-0.1, -0.05) is 11.2 Å². The first kappa shape index (κ1) is 13.7. The minimum Gasteiger partial charge on any atom is -0.368 e. The van der Waals surface area contributed by atoms with E-state index in [2.05, 4.69) is 20.4 Å². The fraction of sp³-hybridized carbons (Fsp3) is 0.429. The van der Waals surface area contributed by atoms with E-state index in [0.717, 1.165) is 12.8 Å². The lowest BCUT2D eigenvalue weighted by Gasteiger charge is -2.08. The van der Waals surface area contributed by atoms with Crippen LogP contribution in [0, 0.1) is 0 Å². The highest BCUT2D eigenvalue weighted by atomic mass is 16.5. The molecule has 1 aliphatic rings. The average molecular weight is 288 g/mol. The number of carbonyl (C=O) groups excluding carboxylic acids is 1. The molecule has 1 saturated heterocycles. The van der Waals surface area contributed by atoms with Crippen molar-refractivity contribution in [2.75, 3.05) is 13.2 Å². The van der Waals surface area contributed by atoms with Crippen LogP contribution in [0.2, 0.25) is 0 Å². The molecule has 2 aromatic heterocycles. The summed E-state index contributed by atoms with van der Waals surface area (Å²) in [5.74, 6) is 0.858. The second-order valence-corrected chi connectivity index (χ2v) is 4.77. The first-order chi connectivity index (χ1) is 10.3. The van der Waals surface area contributed by atoms with Crippen LogP contribution >= 0.6 is 0 Å². The number of amides is 1. The molecular formula is C14H16N4O3. The lowest BCUT2D eigenvalue weighted by Crippen LogP contribution is -2.35. The van der Waals surface area contributed by atoms with Crippen molar-refractivity contribution in [2.24, 2.45) is 0 Å². The third-order valence-corrected chi connectivity index (χ3v) is 3.22. The zero-order valence-corrected chi connectivity index (χ0v) is 11.5. The van der Waals surface area contributed by atoms with E-state index in [1.165, 1.54) is 0 Å². The normalized spacial score (nSPS) is 17.8. The second-order valence-electron chi connectivity index (χ2n) is 4.77. The summed E-state index contributed by atoms with van der Waals surface area (Å²) in [5.41, 5.74) is 0.663. The van der Waals surface area contributed by atoms with Gasteiger partial charge in [0.05, 0.1) is 0 Å². The molecule has 1 unspecified atom stereocenters. The summed E-state index contributed by atoms with van der Waals surface area (Å²) in [6.07, 6.45) is 3.58. The van der Waals surface area contributed by atoms with Crippen LogP contribution in [0.1, 0.15) is 18.7 Å². The number of nitrogens with zero attached hydrogens (tertiary/aromatic N) is 3. The molecule has 3 rings (SSSR count). The molecule has 7 nitrogen and oxygen atoms in total. The highest BCUT2D eigenvalue weighted by Crippen LogP contribution is 2.13. The molecule has 21 heavy (non-hydrogen) atoms. The van der Waals surface area contributed by atoms with E-state index in [1.54, 1.807) is 6.20 Å². The van der Waals surface area contributed by atoms with E-state index in [-0.39, 0.29) is 12.0 Å². The summed E-state index contributed by atoms with van der Waals surface area (Å²) >= 11 is 0. The quantitative estimate of drug-likeness (QED) is 0.881. The van der Waals surface area contributed by atoms with Crippen molar-refractivity contribution >= 4 is 5.91 Å². The predicted octanol–water partition coefficient (Wildman–Crippen LogP) is 0.969. The first-order valence-corrected chi connectivity index (χ1v) is 6.96. The molecular weight excluding hydrogens is 272 g/mol. The molecule has 0 saturated carbocycles. The zero-order chi connectivity index (χ0) is 14.5. The maximum atomic E-state index is 11.7. The highest BCUT2D eigenvalue weighted by molar-refractivity contribution is 5.80. The molecule has 1 N–H and O–H groups in total. The van der Waals surface area contributed by atoms with Gasteiger partial charge in [0.25, 0.3) is 0 Å². The van der Waals surface area contributed by atoms with Crippen molar-refractivity contribution in [1.29, 1.82) is 0 Å². The molecule has 2 aromatic rings. The van der Waals surface area contributed by atoms with Gasteiger partial charge in [0.15, 0.2) is 0 Å². The predicted molar refractivity (Wildman–Crippen MR) is 73.2 cm³/mol. The summed E-state index contributed by atoms with van der Waals surface area (Å²) < 4.78 is 10.5. The molecule has 7 heteroatoms. The van der Waals surface area contributed by atoms with Crippen LogP contribution in [-0.4, -0.2) is 40.3 Å². The lowest BCUT2D eigenvalue weighted by atomic mass is 10.2.